The minimum Gasteiger partial charge on any atom is -0.506 e. The number of aromatic hydroxyl groups is 1. The SMILES string of the molecule is CC(C)(C)c1ccc(O)c(N)c1.CC(C)(C)c1ccc2c(c1)N=Cc1cccc(C(F)(F)F)c1O2.Cc1cccc(C=O)c1F. The van der Waals surface area contributed by atoms with Crippen LogP contribution in [0.4, 0.5) is 28.9 Å². The number of carbonyl (C=O) groups excluding carboxylic acids is 1. The quantitative estimate of drug-likeness (QED) is 0.0843. The van der Waals surface area contributed by atoms with Gasteiger partial charge in [-0.2, -0.15) is 13.2 Å². The molecule has 3 N–H and O–H groups in total. The summed E-state index contributed by atoms with van der Waals surface area (Å²) in [6.07, 6.45) is -2.54. The molecule has 0 unspecified atom stereocenters. The van der Waals surface area contributed by atoms with Crippen molar-refractivity contribution < 1.29 is 32.2 Å². The lowest BCUT2D eigenvalue weighted by Crippen LogP contribution is -2.11. The van der Waals surface area contributed by atoms with Gasteiger partial charge in [0.1, 0.15) is 23.0 Å². The molecule has 0 atom stereocenters. The van der Waals surface area contributed by atoms with Crippen LogP contribution in [0.15, 0.2) is 77.8 Å². The van der Waals surface area contributed by atoms with E-state index >= 15 is 0 Å². The fraction of sp³-hybridized carbons (Fsp3) is 0.278. The summed E-state index contributed by atoms with van der Waals surface area (Å²) in [7, 11) is 0. The molecule has 0 spiro atoms. The van der Waals surface area contributed by atoms with Gasteiger partial charge in [-0.1, -0.05) is 71.9 Å². The number of benzene rings is 4. The number of alkyl halides is 3. The molecule has 1 aliphatic rings. The summed E-state index contributed by atoms with van der Waals surface area (Å²) >= 11 is 0. The molecule has 0 aromatic heterocycles. The summed E-state index contributed by atoms with van der Waals surface area (Å²) < 4.78 is 57.9. The van der Waals surface area contributed by atoms with Crippen LogP contribution in [0.5, 0.6) is 17.2 Å². The Bertz CT molecular complexity index is 1700. The number of aliphatic imine (C=N–C) groups is 1. The molecule has 238 valence electrons. The summed E-state index contributed by atoms with van der Waals surface area (Å²) in [4.78, 5) is 14.4. The average molecular weight is 623 g/mol. The first-order chi connectivity index (χ1) is 20.8. The smallest absolute Gasteiger partial charge is 0.420 e. The average Bonchev–Trinajstić information content (AvgIpc) is 3.14. The number of para-hydroxylation sites is 1. The van der Waals surface area contributed by atoms with E-state index < -0.39 is 17.6 Å². The van der Waals surface area contributed by atoms with Gasteiger partial charge in [-0.25, -0.2) is 4.39 Å². The number of nitrogens with zero attached hydrogens (tertiary/aromatic N) is 1. The number of nitrogen functional groups attached to an aromatic ring is 1. The van der Waals surface area contributed by atoms with Gasteiger partial charge in [0.25, 0.3) is 0 Å². The van der Waals surface area contributed by atoms with Crippen LogP contribution in [0, 0.1) is 12.7 Å². The van der Waals surface area contributed by atoms with E-state index in [1.807, 2.05) is 24.3 Å². The van der Waals surface area contributed by atoms with Crippen LogP contribution >= 0.6 is 0 Å². The lowest BCUT2D eigenvalue weighted by Gasteiger charge is -2.20. The van der Waals surface area contributed by atoms with Gasteiger partial charge in [-0.3, -0.25) is 9.79 Å². The van der Waals surface area contributed by atoms with E-state index in [9.17, 15) is 27.5 Å². The molecule has 0 amide bonds. The van der Waals surface area contributed by atoms with E-state index in [4.69, 9.17) is 10.5 Å². The Morgan fingerprint density at radius 3 is 2.00 bits per heavy atom. The number of phenols is 1. The molecular weight excluding hydrogens is 584 g/mol. The van der Waals surface area contributed by atoms with Gasteiger partial charge in [0.15, 0.2) is 12.0 Å². The Hall–Kier alpha value is -4.66. The predicted octanol–water partition coefficient (Wildman–Crippen LogP) is 10.1. The molecule has 0 bridgehead atoms. The zero-order valence-electron chi connectivity index (χ0n) is 26.4. The first-order valence-corrected chi connectivity index (χ1v) is 14.2. The van der Waals surface area contributed by atoms with Crippen LogP contribution < -0.4 is 10.5 Å². The maximum Gasteiger partial charge on any atom is 0.420 e. The van der Waals surface area contributed by atoms with Crippen LogP contribution in [0.3, 0.4) is 0 Å². The second-order valence-corrected chi connectivity index (χ2v) is 12.6. The third-order valence-corrected chi connectivity index (χ3v) is 6.97. The number of fused-ring (bicyclic) bond motifs is 2. The molecule has 0 aliphatic carbocycles. The maximum atomic E-state index is 13.2. The van der Waals surface area contributed by atoms with Crippen molar-refractivity contribution in [2.24, 2.45) is 4.99 Å². The number of hydrogen-bond donors (Lipinski definition) is 2. The number of hydrogen-bond acceptors (Lipinski definition) is 5. The number of aldehydes is 1. The highest BCUT2D eigenvalue weighted by Crippen LogP contribution is 2.44. The highest BCUT2D eigenvalue weighted by atomic mass is 19.4. The van der Waals surface area contributed by atoms with Crippen LogP contribution in [0.1, 0.15) is 79.7 Å². The van der Waals surface area contributed by atoms with Crippen molar-refractivity contribution in [2.45, 2.75) is 65.5 Å². The third kappa shape index (κ3) is 8.94. The minimum atomic E-state index is -4.48. The Balaban J connectivity index is 0.000000210. The normalized spacial score (nSPS) is 12.2. The number of halogens is 4. The number of nitrogens with two attached hydrogens (primary N) is 1. The van der Waals surface area contributed by atoms with E-state index in [2.05, 4.69) is 46.5 Å². The third-order valence-electron chi connectivity index (χ3n) is 6.97. The molecule has 5 rings (SSSR count). The van der Waals surface area contributed by atoms with Crippen molar-refractivity contribution >= 4 is 23.9 Å². The summed E-state index contributed by atoms with van der Waals surface area (Å²) in [6.45, 7) is 14.1. The Morgan fingerprint density at radius 2 is 1.44 bits per heavy atom. The molecule has 0 saturated carbocycles. The Labute approximate surface area is 261 Å². The van der Waals surface area contributed by atoms with Gasteiger partial charge in [0.2, 0.25) is 0 Å². The fourth-order valence-electron chi connectivity index (χ4n) is 4.20. The van der Waals surface area contributed by atoms with Crippen LogP contribution in [-0.2, 0) is 17.0 Å². The van der Waals surface area contributed by atoms with Gasteiger partial charge in [0.05, 0.1) is 16.8 Å². The van der Waals surface area contributed by atoms with Gasteiger partial charge in [0, 0.05) is 11.8 Å². The summed E-state index contributed by atoms with van der Waals surface area (Å²) in [5, 5.41) is 9.18. The molecule has 1 heterocycles. The van der Waals surface area contributed by atoms with E-state index in [0.717, 1.165) is 17.2 Å². The summed E-state index contributed by atoms with van der Waals surface area (Å²) in [5.74, 6) is -0.142. The van der Waals surface area contributed by atoms with E-state index in [1.165, 1.54) is 18.3 Å². The van der Waals surface area contributed by atoms with E-state index in [1.54, 1.807) is 37.3 Å². The molecule has 0 fully saturated rings. The minimum absolute atomic E-state index is 0.0825. The number of ether oxygens (including phenoxy) is 1. The maximum absolute atomic E-state index is 13.2. The molecule has 0 saturated heterocycles. The number of aryl methyl sites for hydroxylation is 1. The van der Waals surface area contributed by atoms with Crippen molar-refractivity contribution in [3.8, 4) is 17.2 Å². The van der Waals surface area contributed by atoms with E-state index in [0.29, 0.717) is 34.5 Å². The molecule has 45 heavy (non-hydrogen) atoms. The lowest BCUT2D eigenvalue weighted by molar-refractivity contribution is -0.138. The van der Waals surface area contributed by atoms with E-state index in [-0.39, 0.29) is 27.9 Å². The largest absolute Gasteiger partial charge is 0.506 e. The molecule has 9 heteroatoms. The molecule has 1 aliphatic heterocycles. The van der Waals surface area contributed by atoms with Crippen molar-refractivity contribution in [1.82, 2.24) is 0 Å². The highest BCUT2D eigenvalue weighted by molar-refractivity contribution is 5.88. The first kappa shape index (κ1) is 34.8. The zero-order chi connectivity index (χ0) is 33.7. The van der Waals surface area contributed by atoms with Crippen LogP contribution in [0.25, 0.3) is 0 Å². The highest BCUT2D eigenvalue weighted by Gasteiger charge is 2.36. The van der Waals surface area contributed by atoms with Crippen molar-refractivity contribution in [3.05, 3.63) is 112 Å². The van der Waals surface area contributed by atoms with Gasteiger partial charge < -0.3 is 15.6 Å². The first-order valence-electron chi connectivity index (χ1n) is 14.2. The van der Waals surface area contributed by atoms with Crippen molar-refractivity contribution in [3.63, 3.8) is 0 Å². The fourth-order valence-corrected chi connectivity index (χ4v) is 4.20. The Morgan fingerprint density at radius 1 is 0.844 bits per heavy atom. The number of rotatable bonds is 1. The van der Waals surface area contributed by atoms with Gasteiger partial charge >= 0.3 is 6.18 Å². The zero-order valence-corrected chi connectivity index (χ0v) is 26.4. The summed E-state index contributed by atoms with van der Waals surface area (Å²) in [6, 6.07) is 19.4. The molecule has 5 nitrogen and oxygen atoms in total. The van der Waals surface area contributed by atoms with Crippen LogP contribution in [-0.4, -0.2) is 17.6 Å². The predicted molar refractivity (Wildman–Crippen MR) is 172 cm³/mol. The number of anilines is 1. The lowest BCUT2D eigenvalue weighted by atomic mass is 9.87. The molecular formula is C36H38F4N2O3. The monoisotopic (exact) mass is 622 g/mol. The molecule has 4 aromatic rings. The van der Waals surface area contributed by atoms with Crippen molar-refractivity contribution in [2.75, 3.05) is 5.73 Å². The summed E-state index contributed by atoms with van der Waals surface area (Å²) in [5.41, 5.74) is 8.87. The van der Waals surface area contributed by atoms with Gasteiger partial charge in [-0.15, -0.1) is 0 Å². The molecule has 0 radical (unpaired) electrons. The van der Waals surface area contributed by atoms with Crippen molar-refractivity contribution in [1.29, 1.82) is 0 Å². The molecule has 4 aromatic carbocycles. The topological polar surface area (TPSA) is 84.9 Å². The number of carbonyl (C=O) groups is 1. The Kier molecular flexibility index (Phi) is 10.5. The second kappa shape index (κ2) is 13.5. The standard InChI is InChI=1S/C18H16F3NO.C10H15NO.C8H7FO/c1-17(2,3)12-7-8-15-14(9-12)22-10-11-5-4-6-13(16(11)23-15)18(19,20)21;1-10(2,3)7-4-5-9(12)8(11)6-7;1-6-3-2-4-7(5-10)8(6)9/h4-10H,1-3H3;4-6,12H,11H2,1-3H3;2-5H,1H3. The van der Waals surface area contributed by atoms with Gasteiger partial charge in [-0.05, 0) is 76.9 Å². The second-order valence-electron chi connectivity index (χ2n) is 12.6. The van der Waals surface area contributed by atoms with Crippen LogP contribution in [0.2, 0.25) is 0 Å². The number of phenolic OH excluding ortho intramolecular Hbond substituents is 1.